The molecule has 0 atom stereocenters. The first-order valence-corrected chi connectivity index (χ1v) is 9.51. The molecule has 1 aromatic carbocycles. The van der Waals surface area contributed by atoms with Gasteiger partial charge in [0.05, 0.1) is 11.1 Å². The molecule has 0 saturated carbocycles. The fraction of sp³-hybridized carbons (Fsp3) is 0.217. The molecular weight excluding hydrogens is 409 g/mol. The van der Waals surface area contributed by atoms with Crippen molar-refractivity contribution < 1.29 is 22.7 Å². The number of aromatic nitrogens is 1. The minimum atomic E-state index is -4.61. The smallest absolute Gasteiger partial charge is 0.416 e. The van der Waals surface area contributed by atoms with E-state index >= 15 is 0 Å². The summed E-state index contributed by atoms with van der Waals surface area (Å²) >= 11 is 0. The monoisotopic (exact) mass is 432 g/mol. The lowest BCUT2D eigenvalue weighted by molar-refractivity contribution is -0.137. The number of aromatic amines is 1. The van der Waals surface area contributed by atoms with Crippen molar-refractivity contribution in [2.24, 2.45) is 0 Å². The predicted octanol–water partition coefficient (Wildman–Crippen LogP) is 5.84. The SMILES string of the molecule is CC/C=C/C(=C\C=C(C)C)Oc1cc(C(F)(F)F)ccc1C(=O)Nc1cc[nH]c(=O)c1. The largest absolute Gasteiger partial charge is 0.457 e. The number of carbonyl (C=O) groups excluding carboxylic acids is 1. The quantitative estimate of drug-likeness (QED) is 0.426. The van der Waals surface area contributed by atoms with Gasteiger partial charge >= 0.3 is 6.18 Å². The molecule has 0 aliphatic carbocycles. The predicted molar refractivity (Wildman–Crippen MR) is 114 cm³/mol. The van der Waals surface area contributed by atoms with Crippen molar-refractivity contribution in [3.63, 3.8) is 0 Å². The minimum absolute atomic E-state index is 0.110. The van der Waals surface area contributed by atoms with Crippen LogP contribution in [-0.4, -0.2) is 10.9 Å². The molecule has 0 aliphatic rings. The lowest BCUT2D eigenvalue weighted by Gasteiger charge is -2.15. The third-order valence-corrected chi connectivity index (χ3v) is 3.91. The highest BCUT2D eigenvalue weighted by Crippen LogP contribution is 2.34. The zero-order valence-electron chi connectivity index (χ0n) is 17.3. The summed E-state index contributed by atoms with van der Waals surface area (Å²) in [5.74, 6) is -0.700. The average molecular weight is 432 g/mol. The van der Waals surface area contributed by atoms with Crippen molar-refractivity contribution in [2.45, 2.75) is 33.4 Å². The molecule has 1 heterocycles. The normalized spacial score (nSPS) is 12.0. The Hall–Kier alpha value is -3.55. The van der Waals surface area contributed by atoms with E-state index in [0.29, 0.717) is 6.42 Å². The van der Waals surface area contributed by atoms with Gasteiger partial charge < -0.3 is 15.0 Å². The fourth-order valence-corrected chi connectivity index (χ4v) is 2.42. The first-order valence-electron chi connectivity index (χ1n) is 9.51. The maximum Gasteiger partial charge on any atom is 0.416 e. The summed E-state index contributed by atoms with van der Waals surface area (Å²) in [5.41, 5.74) is -0.330. The van der Waals surface area contributed by atoms with E-state index in [0.717, 1.165) is 29.8 Å². The summed E-state index contributed by atoms with van der Waals surface area (Å²) in [5, 5.41) is 2.49. The van der Waals surface area contributed by atoms with E-state index in [1.165, 1.54) is 12.3 Å². The van der Waals surface area contributed by atoms with Crippen LogP contribution in [0.15, 0.2) is 77.0 Å². The Kier molecular flexibility index (Phi) is 8.01. The summed E-state index contributed by atoms with van der Waals surface area (Å²) in [7, 11) is 0. The molecular formula is C23H23F3N2O3. The highest BCUT2D eigenvalue weighted by atomic mass is 19.4. The molecule has 2 N–H and O–H groups in total. The average Bonchev–Trinajstić information content (AvgIpc) is 2.69. The number of rotatable bonds is 7. The number of halogens is 3. The molecule has 0 radical (unpaired) electrons. The number of hydrogen-bond donors (Lipinski definition) is 2. The van der Waals surface area contributed by atoms with Gasteiger partial charge in [-0.05, 0) is 56.7 Å². The first-order chi connectivity index (χ1) is 14.6. The van der Waals surface area contributed by atoms with Crippen molar-refractivity contribution in [1.29, 1.82) is 0 Å². The zero-order valence-corrected chi connectivity index (χ0v) is 17.3. The van der Waals surface area contributed by atoms with Crippen molar-refractivity contribution in [3.8, 4) is 5.75 Å². The first kappa shape index (κ1) is 23.7. The number of H-pyrrole nitrogens is 1. The van der Waals surface area contributed by atoms with Gasteiger partial charge in [-0.1, -0.05) is 24.6 Å². The van der Waals surface area contributed by atoms with Crippen molar-refractivity contribution in [2.75, 3.05) is 5.32 Å². The van der Waals surface area contributed by atoms with Gasteiger partial charge in [-0.15, -0.1) is 0 Å². The Morgan fingerprint density at radius 2 is 1.90 bits per heavy atom. The van der Waals surface area contributed by atoms with E-state index in [9.17, 15) is 22.8 Å². The second kappa shape index (κ2) is 10.5. The van der Waals surface area contributed by atoms with Crippen LogP contribution in [0.3, 0.4) is 0 Å². The highest BCUT2D eigenvalue weighted by molar-refractivity contribution is 6.06. The van der Waals surface area contributed by atoms with Gasteiger partial charge in [0.15, 0.2) is 0 Å². The number of amides is 1. The maximum atomic E-state index is 13.3. The van der Waals surface area contributed by atoms with Gasteiger partial charge in [0.1, 0.15) is 11.5 Å². The van der Waals surface area contributed by atoms with Gasteiger partial charge in [-0.2, -0.15) is 13.2 Å². The van der Waals surface area contributed by atoms with Crippen molar-refractivity contribution in [3.05, 3.63) is 93.6 Å². The minimum Gasteiger partial charge on any atom is -0.457 e. The molecule has 0 fully saturated rings. The number of allylic oxidation sites excluding steroid dienone is 5. The van der Waals surface area contributed by atoms with Crippen LogP contribution in [-0.2, 0) is 6.18 Å². The lowest BCUT2D eigenvalue weighted by Crippen LogP contribution is -2.16. The number of nitrogens with one attached hydrogen (secondary N) is 2. The Morgan fingerprint density at radius 1 is 1.16 bits per heavy atom. The summed E-state index contributed by atoms with van der Waals surface area (Å²) in [6.45, 7) is 5.63. The molecule has 2 rings (SSSR count). The standard InChI is InChI=1S/C23H23F3N2O3/c1-4-5-6-18(9-7-15(2)3)31-20-13-16(23(24,25)26)8-10-19(20)22(30)28-17-11-12-27-21(29)14-17/h5-14H,4H2,1-3H3,(H2,27,28,29,30)/b6-5+,18-9+. The number of benzene rings is 1. The molecule has 2 aromatic rings. The van der Waals surface area contributed by atoms with Crippen LogP contribution in [0.2, 0.25) is 0 Å². The molecule has 0 unspecified atom stereocenters. The second-order valence-electron chi connectivity index (χ2n) is 6.83. The Morgan fingerprint density at radius 3 is 2.52 bits per heavy atom. The van der Waals surface area contributed by atoms with E-state index < -0.39 is 23.2 Å². The molecule has 0 saturated heterocycles. The molecule has 0 bridgehead atoms. The van der Waals surface area contributed by atoms with Crippen LogP contribution in [0.4, 0.5) is 18.9 Å². The van der Waals surface area contributed by atoms with Crippen LogP contribution < -0.4 is 15.6 Å². The number of anilines is 1. The van der Waals surface area contributed by atoms with Crippen LogP contribution in [0, 0.1) is 0 Å². The number of pyridine rings is 1. The summed E-state index contributed by atoms with van der Waals surface area (Å²) in [6.07, 6.45) is 4.19. The second-order valence-corrected chi connectivity index (χ2v) is 6.83. The Balaban J connectivity index is 2.49. The highest BCUT2D eigenvalue weighted by Gasteiger charge is 2.32. The number of carbonyl (C=O) groups is 1. The fourth-order valence-electron chi connectivity index (χ4n) is 2.42. The molecule has 0 spiro atoms. The topological polar surface area (TPSA) is 71.2 Å². The molecule has 8 heteroatoms. The van der Waals surface area contributed by atoms with E-state index in [-0.39, 0.29) is 22.8 Å². The summed E-state index contributed by atoms with van der Waals surface area (Å²) in [4.78, 5) is 26.6. The zero-order chi connectivity index (χ0) is 23.0. The van der Waals surface area contributed by atoms with Crippen LogP contribution >= 0.6 is 0 Å². The summed E-state index contributed by atoms with van der Waals surface area (Å²) < 4.78 is 45.5. The van der Waals surface area contributed by atoms with Crippen LogP contribution in [0.25, 0.3) is 0 Å². The molecule has 0 aliphatic heterocycles. The van der Waals surface area contributed by atoms with E-state index in [4.69, 9.17) is 4.74 Å². The third kappa shape index (κ3) is 7.33. The third-order valence-electron chi connectivity index (χ3n) is 3.91. The lowest BCUT2D eigenvalue weighted by atomic mass is 10.1. The van der Waals surface area contributed by atoms with E-state index in [1.54, 1.807) is 24.3 Å². The number of ether oxygens (including phenoxy) is 1. The van der Waals surface area contributed by atoms with Gasteiger partial charge in [0.2, 0.25) is 5.56 Å². The molecule has 5 nitrogen and oxygen atoms in total. The van der Waals surface area contributed by atoms with Gasteiger partial charge in [0, 0.05) is 18.0 Å². The maximum absolute atomic E-state index is 13.3. The van der Waals surface area contributed by atoms with Crippen molar-refractivity contribution in [1.82, 2.24) is 4.98 Å². The molecule has 164 valence electrons. The molecule has 31 heavy (non-hydrogen) atoms. The van der Waals surface area contributed by atoms with E-state index in [1.807, 2.05) is 20.8 Å². The summed E-state index contributed by atoms with van der Waals surface area (Å²) in [6, 6.07) is 5.24. The Bertz CT molecular complexity index is 1080. The van der Waals surface area contributed by atoms with Crippen LogP contribution in [0.1, 0.15) is 43.1 Å². The van der Waals surface area contributed by atoms with Crippen LogP contribution in [0.5, 0.6) is 5.75 Å². The Labute approximate surface area is 178 Å². The van der Waals surface area contributed by atoms with Gasteiger partial charge in [0.25, 0.3) is 5.91 Å². The number of alkyl halides is 3. The van der Waals surface area contributed by atoms with Gasteiger partial charge in [-0.25, -0.2) is 0 Å². The van der Waals surface area contributed by atoms with Gasteiger partial charge in [-0.3, -0.25) is 9.59 Å². The van der Waals surface area contributed by atoms with E-state index in [2.05, 4.69) is 10.3 Å². The molecule has 1 amide bonds. The number of hydrogen-bond acceptors (Lipinski definition) is 3. The molecule has 1 aromatic heterocycles. The van der Waals surface area contributed by atoms with Crippen molar-refractivity contribution >= 4 is 11.6 Å².